The summed E-state index contributed by atoms with van der Waals surface area (Å²) in [6.45, 7) is 4.41. The SMILES string of the molecule is CCC(O)(O)SCCNc1ccc(N)cc1C.Cl.Cl. The molecule has 0 aliphatic rings. The normalized spacial score (nSPS) is 10.3. The number of nitrogens with two attached hydrogens (primary N) is 1. The van der Waals surface area contributed by atoms with Crippen molar-refractivity contribution in [3.63, 3.8) is 0 Å². The first-order valence-corrected chi connectivity index (χ1v) is 6.62. The molecule has 0 aromatic heterocycles. The predicted octanol–water partition coefficient (Wildman–Crippen LogP) is 2.61. The van der Waals surface area contributed by atoms with Crippen LogP contribution in [0.4, 0.5) is 11.4 Å². The van der Waals surface area contributed by atoms with Crippen molar-refractivity contribution in [3.05, 3.63) is 23.8 Å². The molecular weight excluding hydrogens is 307 g/mol. The van der Waals surface area contributed by atoms with E-state index in [1.54, 1.807) is 6.92 Å². The largest absolute Gasteiger partial charge is 0.399 e. The van der Waals surface area contributed by atoms with E-state index in [2.05, 4.69) is 5.32 Å². The third kappa shape index (κ3) is 7.74. The van der Waals surface area contributed by atoms with Crippen LogP contribution in [0.15, 0.2) is 18.2 Å². The van der Waals surface area contributed by atoms with Crippen molar-refractivity contribution in [2.24, 2.45) is 0 Å². The number of hydrogen-bond acceptors (Lipinski definition) is 5. The lowest BCUT2D eigenvalue weighted by Crippen LogP contribution is -2.23. The number of aliphatic hydroxyl groups is 2. The molecule has 1 rings (SSSR count). The Bertz CT molecular complexity index is 379. The quantitative estimate of drug-likeness (QED) is 0.367. The van der Waals surface area contributed by atoms with Gasteiger partial charge >= 0.3 is 0 Å². The number of nitrogens with one attached hydrogen (secondary N) is 1. The molecular formula is C12H22Cl2N2O2S. The average Bonchev–Trinajstić information content (AvgIpc) is 2.27. The molecule has 0 aliphatic heterocycles. The van der Waals surface area contributed by atoms with E-state index in [1.807, 2.05) is 25.1 Å². The summed E-state index contributed by atoms with van der Waals surface area (Å²) in [6, 6.07) is 5.68. The first-order valence-electron chi connectivity index (χ1n) is 5.63. The molecule has 0 amide bonds. The van der Waals surface area contributed by atoms with E-state index in [9.17, 15) is 10.2 Å². The fourth-order valence-electron chi connectivity index (χ4n) is 1.39. The molecule has 1 aromatic rings. The van der Waals surface area contributed by atoms with Gasteiger partial charge < -0.3 is 21.3 Å². The molecule has 0 saturated carbocycles. The predicted molar refractivity (Wildman–Crippen MR) is 88.5 cm³/mol. The molecule has 19 heavy (non-hydrogen) atoms. The lowest BCUT2D eigenvalue weighted by atomic mass is 10.2. The maximum absolute atomic E-state index is 9.39. The average molecular weight is 329 g/mol. The third-order valence-electron chi connectivity index (χ3n) is 2.46. The maximum atomic E-state index is 9.39. The minimum absolute atomic E-state index is 0. The molecule has 0 aliphatic carbocycles. The molecule has 0 atom stereocenters. The molecule has 112 valence electrons. The van der Waals surface area contributed by atoms with Crippen LogP contribution >= 0.6 is 36.6 Å². The molecule has 0 spiro atoms. The van der Waals surface area contributed by atoms with Crippen LogP contribution in [0.3, 0.4) is 0 Å². The van der Waals surface area contributed by atoms with E-state index in [-0.39, 0.29) is 24.8 Å². The number of thioether (sulfide) groups is 1. The molecule has 0 bridgehead atoms. The highest BCUT2D eigenvalue weighted by Gasteiger charge is 2.19. The van der Waals surface area contributed by atoms with Crippen molar-refractivity contribution in [1.29, 1.82) is 0 Å². The Balaban J connectivity index is 0. The molecule has 0 saturated heterocycles. The number of nitrogen functional groups attached to an aromatic ring is 1. The van der Waals surface area contributed by atoms with Gasteiger partial charge in [0.1, 0.15) is 0 Å². The molecule has 0 unspecified atom stereocenters. The minimum atomic E-state index is -1.61. The number of anilines is 2. The Morgan fingerprint density at radius 3 is 2.47 bits per heavy atom. The van der Waals surface area contributed by atoms with Crippen LogP contribution < -0.4 is 11.1 Å². The lowest BCUT2D eigenvalue weighted by molar-refractivity contribution is -0.0774. The molecule has 0 fully saturated rings. The summed E-state index contributed by atoms with van der Waals surface area (Å²) in [7, 11) is 0. The van der Waals surface area contributed by atoms with Crippen LogP contribution in [-0.2, 0) is 0 Å². The molecule has 0 heterocycles. The van der Waals surface area contributed by atoms with Gasteiger partial charge in [0, 0.05) is 30.1 Å². The molecule has 0 radical (unpaired) electrons. The van der Waals surface area contributed by atoms with Gasteiger partial charge in [0.25, 0.3) is 0 Å². The van der Waals surface area contributed by atoms with Crippen molar-refractivity contribution in [2.75, 3.05) is 23.3 Å². The van der Waals surface area contributed by atoms with E-state index in [1.165, 1.54) is 0 Å². The van der Waals surface area contributed by atoms with Crippen molar-refractivity contribution in [2.45, 2.75) is 25.4 Å². The fraction of sp³-hybridized carbons (Fsp3) is 0.500. The summed E-state index contributed by atoms with van der Waals surface area (Å²) in [5.41, 5.74) is 8.52. The van der Waals surface area contributed by atoms with Crippen molar-refractivity contribution in [3.8, 4) is 0 Å². The maximum Gasteiger partial charge on any atom is 0.212 e. The fourth-order valence-corrected chi connectivity index (χ4v) is 2.12. The minimum Gasteiger partial charge on any atom is -0.399 e. The monoisotopic (exact) mass is 328 g/mol. The van der Waals surface area contributed by atoms with Gasteiger partial charge in [-0.25, -0.2) is 0 Å². The summed E-state index contributed by atoms with van der Waals surface area (Å²) < 4.78 is 0. The van der Waals surface area contributed by atoms with E-state index in [0.717, 1.165) is 28.7 Å². The summed E-state index contributed by atoms with van der Waals surface area (Å²) in [5.74, 6) is 0.630. The van der Waals surface area contributed by atoms with Crippen molar-refractivity contribution < 1.29 is 10.2 Å². The number of benzene rings is 1. The number of rotatable bonds is 6. The first-order chi connectivity index (χ1) is 7.94. The highest BCUT2D eigenvalue weighted by Crippen LogP contribution is 2.22. The Hall–Kier alpha value is -0.330. The van der Waals surface area contributed by atoms with Gasteiger partial charge in [0.15, 0.2) is 0 Å². The summed E-state index contributed by atoms with van der Waals surface area (Å²) in [5, 5.41) is 20.4. The van der Waals surface area contributed by atoms with Gasteiger partial charge in [-0.3, -0.25) is 0 Å². The Kier molecular flexibility index (Phi) is 10.5. The number of aryl methyl sites for hydroxylation is 1. The third-order valence-corrected chi connectivity index (χ3v) is 3.62. The lowest BCUT2D eigenvalue weighted by Gasteiger charge is -2.19. The molecule has 7 heteroatoms. The number of hydrogen-bond donors (Lipinski definition) is 4. The van der Waals surface area contributed by atoms with Gasteiger partial charge in [-0.05, 0) is 30.7 Å². The standard InChI is InChI=1S/C12H20N2O2S.2ClH/c1-3-12(15,16)17-7-6-14-11-5-4-10(13)8-9(11)2;;/h4-5,8,14-16H,3,6-7,13H2,1-2H3;2*1H. The summed E-state index contributed by atoms with van der Waals surface area (Å²) in [4.78, 5) is 0. The Labute approximate surface area is 131 Å². The smallest absolute Gasteiger partial charge is 0.212 e. The van der Waals surface area contributed by atoms with Gasteiger partial charge in [0.2, 0.25) is 5.12 Å². The Morgan fingerprint density at radius 2 is 1.95 bits per heavy atom. The van der Waals surface area contributed by atoms with Gasteiger partial charge in [0.05, 0.1) is 0 Å². The van der Waals surface area contributed by atoms with Crippen LogP contribution in [0.2, 0.25) is 0 Å². The van der Waals surface area contributed by atoms with Gasteiger partial charge in [-0.1, -0.05) is 18.7 Å². The van der Waals surface area contributed by atoms with Crippen molar-refractivity contribution >= 4 is 48.0 Å². The van der Waals surface area contributed by atoms with Gasteiger partial charge in [-0.15, -0.1) is 24.8 Å². The zero-order valence-corrected chi connectivity index (χ0v) is 13.5. The molecule has 5 N–H and O–H groups in total. The molecule has 4 nitrogen and oxygen atoms in total. The summed E-state index contributed by atoms with van der Waals surface area (Å²) >= 11 is 1.13. The van der Waals surface area contributed by atoms with E-state index >= 15 is 0 Å². The second-order valence-corrected chi connectivity index (χ2v) is 5.30. The summed E-state index contributed by atoms with van der Waals surface area (Å²) in [6.07, 6.45) is 0.318. The number of halogens is 2. The first kappa shape index (κ1) is 21.0. The van der Waals surface area contributed by atoms with Gasteiger partial charge in [-0.2, -0.15) is 0 Å². The van der Waals surface area contributed by atoms with E-state index in [4.69, 9.17) is 5.73 Å². The van der Waals surface area contributed by atoms with Crippen LogP contribution in [-0.4, -0.2) is 27.6 Å². The van der Waals surface area contributed by atoms with Crippen LogP contribution in [0.1, 0.15) is 18.9 Å². The second kappa shape index (κ2) is 9.55. The van der Waals surface area contributed by atoms with E-state index in [0.29, 0.717) is 18.7 Å². The highest BCUT2D eigenvalue weighted by atomic mass is 35.5. The second-order valence-electron chi connectivity index (χ2n) is 3.95. The zero-order valence-electron chi connectivity index (χ0n) is 11.0. The van der Waals surface area contributed by atoms with Crippen molar-refractivity contribution in [1.82, 2.24) is 0 Å². The molecule has 1 aromatic carbocycles. The Morgan fingerprint density at radius 1 is 1.32 bits per heavy atom. The van der Waals surface area contributed by atoms with Crippen LogP contribution in [0.5, 0.6) is 0 Å². The highest BCUT2D eigenvalue weighted by molar-refractivity contribution is 8.00. The van der Waals surface area contributed by atoms with Crippen LogP contribution in [0, 0.1) is 6.92 Å². The topological polar surface area (TPSA) is 78.5 Å². The van der Waals surface area contributed by atoms with Crippen LogP contribution in [0.25, 0.3) is 0 Å². The zero-order chi connectivity index (χ0) is 12.9. The van der Waals surface area contributed by atoms with E-state index < -0.39 is 5.12 Å².